The molecule has 0 aliphatic rings. The number of hydrogen-bond donors (Lipinski definition) is 2. The van der Waals surface area contributed by atoms with E-state index < -0.39 is 18.0 Å². The molecule has 0 atom stereocenters. The van der Waals surface area contributed by atoms with Gasteiger partial charge in [-0.05, 0) is 36.8 Å². The fourth-order valence-electron chi connectivity index (χ4n) is 2.15. The van der Waals surface area contributed by atoms with Gasteiger partial charge in [0, 0.05) is 11.8 Å². The summed E-state index contributed by atoms with van der Waals surface area (Å²) in [5, 5.41) is 6.78. The number of halogens is 3. The monoisotopic (exact) mass is 351 g/mol. The number of anilines is 2. The zero-order valence-electron chi connectivity index (χ0n) is 12.8. The van der Waals surface area contributed by atoms with Crippen molar-refractivity contribution in [1.82, 2.24) is 14.6 Å². The minimum absolute atomic E-state index is 0.0602. The summed E-state index contributed by atoms with van der Waals surface area (Å²) in [4.78, 5) is 15.3. The summed E-state index contributed by atoms with van der Waals surface area (Å²) in [6.07, 6.45) is -3.22. The number of pyridine rings is 1. The molecule has 0 bridgehead atoms. The van der Waals surface area contributed by atoms with Crippen LogP contribution in [0.15, 0.2) is 36.5 Å². The number of carbonyl (C=O) groups excluding carboxylic acids is 1. The number of fused-ring (bicyclic) bond motifs is 1. The van der Waals surface area contributed by atoms with Crippen LogP contribution >= 0.6 is 0 Å². The molecule has 2 heterocycles. The third-order valence-electron chi connectivity index (χ3n) is 3.22. The van der Waals surface area contributed by atoms with E-state index in [1.807, 2.05) is 13.0 Å². The van der Waals surface area contributed by atoms with Crippen LogP contribution < -0.4 is 15.8 Å². The number of amides is 1. The van der Waals surface area contributed by atoms with Crippen molar-refractivity contribution < 1.29 is 22.7 Å². The molecule has 10 heteroatoms. The number of nitrogens with two attached hydrogens (primary N) is 1. The summed E-state index contributed by atoms with van der Waals surface area (Å²) in [6.45, 7) is 1.87. The molecule has 0 saturated heterocycles. The van der Waals surface area contributed by atoms with Gasteiger partial charge in [-0.25, -0.2) is 4.52 Å². The number of nitrogens with one attached hydrogen (secondary N) is 1. The Morgan fingerprint density at radius 3 is 2.72 bits per heavy atom. The highest BCUT2D eigenvalue weighted by Gasteiger charge is 2.32. The lowest BCUT2D eigenvalue weighted by atomic mass is 10.2. The molecule has 2 aromatic heterocycles. The molecule has 0 saturated carbocycles. The summed E-state index contributed by atoms with van der Waals surface area (Å²) >= 11 is 0. The first-order chi connectivity index (χ1) is 11.7. The summed E-state index contributed by atoms with van der Waals surface area (Å²) in [7, 11) is 0. The van der Waals surface area contributed by atoms with E-state index in [1.54, 1.807) is 12.3 Å². The molecule has 0 radical (unpaired) electrons. The van der Waals surface area contributed by atoms with E-state index in [4.69, 9.17) is 5.73 Å². The van der Waals surface area contributed by atoms with Crippen molar-refractivity contribution in [2.45, 2.75) is 13.3 Å². The van der Waals surface area contributed by atoms with Gasteiger partial charge in [0.05, 0.1) is 5.69 Å². The van der Waals surface area contributed by atoms with Crippen molar-refractivity contribution in [1.29, 1.82) is 0 Å². The van der Waals surface area contributed by atoms with Gasteiger partial charge in [-0.1, -0.05) is 6.07 Å². The fourth-order valence-corrected chi connectivity index (χ4v) is 2.15. The Balaban J connectivity index is 1.98. The van der Waals surface area contributed by atoms with Crippen molar-refractivity contribution >= 4 is 23.2 Å². The van der Waals surface area contributed by atoms with Gasteiger partial charge in [0.25, 0.3) is 0 Å². The number of rotatable bonds is 4. The van der Waals surface area contributed by atoms with Crippen LogP contribution in [0.3, 0.4) is 0 Å². The zero-order chi connectivity index (χ0) is 18.2. The first-order valence-electron chi connectivity index (χ1n) is 7.01. The van der Waals surface area contributed by atoms with Gasteiger partial charge < -0.3 is 15.8 Å². The van der Waals surface area contributed by atoms with Crippen molar-refractivity contribution in [3.63, 3.8) is 0 Å². The number of carbonyl (C=O) groups is 1. The minimum Gasteiger partial charge on any atom is -0.404 e. The predicted molar refractivity (Wildman–Crippen MR) is 82.6 cm³/mol. The van der Waals surface area contributed by atoms with E-state index >= 15 is 0 Å². The second-order valence-corrected chi connectivity index (χ2v) is 5.19. The van der Waals surface area contributed by atoms with Crippen molar-refractivity contribution in [2.24, 2.45) is 5.73 Å². The lowest BCUT2D eigenvalue weighted by molar-refractivity contribution is -0.274. The number of primary amides is 1. The molecule has 3 rings (SSSR count). The van der Waals surface area contributed by atoms with Crippen molar-refractivity contribution in [3.05, 3.63) is 47.7 Å². The van der Waals surface area contributed by atoms with Gasteiger partial charge in [0.15, 0.2) is 11.4 Å². The molecule has 1 amide bonds. The maximum atomic E-state index is 12.6. The summed E-state index contributed by atoms with van der Waals surface area (Å²) in [5.41, 5.74) is 6.36. The van der Waals surface area contributed by atoms with E-state index in [0.717, 1.165) is 11.6 Å². The van der Waals surface area contributed by atoms with E-state index in [-0.39, 0.29) is 17.2 Å². The Bertz CT molecular complexity index is 952. The number of aromatic nitrogens is 3. The van der Waals surface area contributed by atoms with Crippen LogP contribution in [-0.4, -0.2) is 26.9 Å². The Kier molecular flexibility index (Phi) is 3.95. The highest BCUT2D eigenvalue weighted by Crippen LogP contribution is 2.32. The zero-order valence-corrected chi connectivity index (χ0v) is 12.8. The van der Waals surface area contributed by atoms with E-state index in [1.165, 1.54) is 16.6 Å². The quantitative estimate of drug-likeness (QED) is 0.754. The lowest BCUT2D eigenvalue weighted by Gasteiger charge is -2.14. The van der Waals surface area contributed by atoms with Gasteiger partial charge in [0.1, 0.15) is 0 Å². The number of nitrogens with zero attached hydrogens (tertiary/aromatic N) is 3. The third kappa shape index (κ3) is 3.79. The van der Waals surface area contributed by atoms with Crippen LogP contribution in [0.4, 0.5) is 24.8 Å². The van der Waals surface area contributed by atoms with Crippen LogP contribution in [0.5, 0.6) is 5.75 Å². The van der Waals surface area contributed by atoms with Crippen LogP contribution in [0.1, 0.15) is 15.9 Å². The summed E-state index contributed by atoms with van der Waals surface area (Å²) in [5.74, 6) is -1.41. The van der Waals surface area contributed by atoms with Gasteiger partial charge in [-0.2, -0.15) is 4.98 Å². The molecule has 0 aliphatic heterocycles. The molecule has 130 valence electrons. The average molecular weight is 351 g/mol. The third-order valence-corrected chi connectivity index (χ3v) is 3.22. The minimum atomic E-state index is -4.93. The highest BCUT2D eigenvalue weighted by molar-refractivity contribution is 5.94. The summed E-state index contributed by atoms with van der Waals surface area (Å²) in [6, 6.07) is 6.95. The molecular weight excluding hydrogens is 339 g/mol. The lowest BCUT2D eigenvalue weighted by Crippen LogP contribution is -2.19. The predicted octanol–water partition coefficient (Wildman–Crippen LogP) is 2.78. The Labute approximate surface area is 139 Å². The first kappa shape index (κ1) is 16.6. The molecule has 0 spiro atoms. The molecule has 0 fully saturated rings. The van der Waals surface area contributed by atoms with Gasteiger partial charge >= 0.3 is 6.36 Å². The summed E-state index contributed by atoms with van der Waals surface area (Å²) < 4.78 is 43.3. The maximum Gasteiger partial charge on any atom is 0.573 e. The number of benzene rings is 1. The Hall–Kier alpha value is -3.30. The van der Waals surface area contributed by atoms with Gasteiger partial charge in [0.2, 0.25) is 11.9 Å². The smallest absolute Gasteiger partial charge is 0.404 e. The Morgan fingerprint density at radius 2 is 2.04 bits per heavy atom. The van der Waals surface area contributed by atoms with Crippen LogP contribution in [-0.2, 0) is 0 Å². The highest BCUT2D eigenvalue weighted by atomic mass is 19.4. The largest absolute Gasteiger partial charge is 0.573 e. The SMILES string of the molecule is Cc1ccc2nc(Nc3ccc(C(N)=O)cc3OC(F)(F)F)nn2c1. The number of ether oxygens (including phenoxy) is 1. The molecular formula is C15H12F3N5O2. The molecule has 3 aromatic rings. The molecule has 1 aromatic carbocycles. The number of hydrogen-bond acceptors (Lipinski definition) is 5. The average Bonchev–Trinajstić information content (AvgIpc) is 2.88. The standard InChI is InChI=1S/C15H12F3N5O2/c1-8-2-5-12-21-14(22-23(12)7-8)20-10-4-3-9(13(19)24)6-11(10)25-15(16,17)18/h2-7H,1H3,(H2,19,24)(H,20,22). The van der Waals surface area contributed by atoms with Crippen molar-refractivity contribution in [2.75, 3.05) is 5.32 Å². The van der Waals surface area contributed by atoms with E-state index in [9.17, 15) is 18.0 Å². The molecule has 0 aliphatic carbocycles. The normalized spacial score (nSPS) is 11.5. The van der Waals surface area contributed by atoms with Gasteiger partial charge in [-0.3, -0.25) is 4.79 Å². The van der Waals surface area contributed by atoms with Crippen LogP contribution in [0.25, 0.3) is 5.65 Å². The second-order valence-electron chi connectivity index (χ2n) is 5.19. The van der Waals surface area contributed by atoms with E-state index in [0.29, 0.717) is 5.65 Å². The molecule has 7 nitrogen and oxygen atoms in total. The number of alkyl halides is 3. The fraction of sp³-hybridized carbons (Fsp3) is 0.133. The topological polar surface area (TPSA) is 94.5 Å². The molecule has 3 N–H and O–H groups in total. The first-order valence-corrected chi connectivity index (χ1v) is 7.01. The maximum absolute atomic E-state index is 12.6. The van der Waals surface area contributed by atoms with Crippen LogP contribution in [0.2, 0.25) is 0 Å². The van der Waals surface area contributed by atoms with Crippen LogP contribution in [0, 0.1) is 6.92 Å². The second kappa shape index (κ2) is 5.96. The van der Waals surface area contributed by atoms with Gasteiger partial charge in [-0.15, -0.1) is 18.3 Å². The molecule has 0 unspecified atom stereocenters. The number of aryl methyl sites for hydroxylation is 1. The Morgan fingerprint density at radius 1 is 1.28 bits per heavy atom. The van der Waals surface area contributed by atoms with E-state index in [2.05, 4.69) is 20.1 Å². The molecule has 25 heavy (non-hydrogen) atoms. The van der Waals surface area contributed by atoms with Crippen molar-refractivity contribution in [3.8, 4) is 5.75 Å².